The number of ether oxygens (including phenoxy) is 1. The van der Waals surface area contributed by atoms with Crippen molar-refractivity contribution in [3.63, 3.8) is 0 Å². The number of amides is 1. The monoisotopic (exact) mass is 560 g/mol. The van der Waals surface area contributed by atoms with Crippen LogP contribution in [-0.4, -0.2) is 45.3 Å². The first-order chi connectivity index (χ1) is 19.5. The molecule has 2 aromatic heterocycles. The van der Waals surface area contributed by atoms with E-state index in [2.05, 4.69) is 42.5 Å². The van der Waals surface area contributed by atoms with E-state index in [0.29, 0.717) is 11.4 Å². The van der Waals surface area contributed by atoms with Crippen molar-refractivity contribution >= 4 is 5.91 Å². The molecule has 0 unspecified atom stereocenters. The van der Waals surface area contributed by atoms with E-state index in [4.69, 9.17) is 9.72 Å². The highest BCUT2D eigenvalue weighted by atomic mass is 19.1. The average Bonchev–Trinajstić information content (AvgIpc) is 2.89. The summed E-state index contributed by atoms with van der Waals surface area (Å²) in [6.45, 7) is 8.30. The molecular weight excluding hydrogens is 519 g/mol. The highest BCUT2D eigenvalue weighted by Crippen LogP contribution is 2.48. The quantitative estimate of drug-likeness (QED) is 0.328. The fourth-order valence-electron chi connectivity index (χ4n) is 6.03. The number of hydrogen-bond donors (Lipinski definition) is 3. The van der Waals surface area contributed by atoms with Crippen LogP contribution in [0.2, 0.25) is 0 Å². The second kappa shape index (κ2) is 11.9. The third kappa shape index (κ3) is 7.29. The lowest BCUT2D eigenvalue weighted by molar-refractivity contribution is -0.120. The summed E-state index contributed by atoms with van der Waals surface area (Å²) >= 11 is 0. The second-order valence-electron chi connectivity index (χ2n) is 12.9. The molecule has 3 N–H and O–H groups in total. The summed E-state index contributed by atoms with van der Waals surface area (Å²) in [5.74, 6) is 0.0507. The van der Waals surface area contributed by atoms with Crippen molar-refractivity contribution in [1.29, 1.82) is 0 Å². The summed E-state index contributed by atoms with van der Waals surface area (Å²) in [5.41, 5.74) is 4.34. The molecule has 0 radical (unpaired) electrons. The predicted octanol–water partition coefficient (Wildman–Crippen LogP) is 5.32. The number of carbonyl (C=O) groups is 1. The van der Waals surface area contributed by atoms with E-state index in [9.17, 15) is 14.3 Å². The van der Waals surface area contributed by atoms with Crippen LogP contribution < -0.4 is 15.4 Å². The average molecular weight is 561 g/mol. The van der Waals surface area contributed by atoms with Crippen LogP contribution in [0.15, 0.2) is 55.0 Å². The van der Waals surface area contributed by atoms with Gasteiger partial charge in [0, 0.05) is 50.1 Å². The summed E-state index contributed by atoms with van der Waals surface area (Å²) in [5, 5.41) is 17.8. The number of fused-ring (bicyclic) bond motifs is 1. The van der Waals surface area contributed by atoms with Crippen molar-refractivity contribution in [2.45, 2.75) is 90.0 Å². The summed E-state index contributed by atoms with van der Waals surface area (Å²) in [7, 11) is 0. The lowest BCUT2D eigenvalue weighted by Crippen LogP contribution is -2.52. The fraction of sp³-hybridized carbons (Fsp3) is 0.485. The molecule has 5 rings (SSSR count). The molecule has 8 heteroatoms. The van der Waals surface area contributed by atoms with Crippen molar-refractivity contribution in [2.75, 3.05) is 6.54 Å². The van der Waals surface area contributed by atoms with Gasteiger partial charge in [0.25, 0.3) is 0 Å². The number of hydrogen-bond acceptors (Lipinski definition) is 6. The highest BCUT2D eigenvalue weighted by molar-refractivity contribution is 5.73. The summed E-state index contributed by atoms with van der Waals surface area (Å²) in [6.07, 6.45) is 9.44. The van der Waals surface area contributed by atoms with Gasteiger partial charge < -0.3 is 20.5 Å². The lowest BCUT2D eigenvalue weighted by Gasteiger charge is -2.47. The molecule has 1 spiro atoms. The summed E-state index contributed by atoms with van der Waals surface area (Å²) in [4.78, 5) is 20.9. The first kappa shape index (κ1) is 29.1. The Morgan fingerprint density at radius 1 is 1.15 bits per heavy atom. The third-order valence-electron chi connectivity index (χ3n) is 8.05. The number of carbonyl (C=O) groups excluding carboxylic acids is 1. The molecule has 1 saturated carbocycles. The van der Waals surface area contributed by atoms with Crippen LogP contribution in [0.1, 0.15) is 76.1 Å². The maximum absolute atomic E-state index is 14.6. The second-order valence-corrected chi connectivity index (χ2v) is 12.9. The molecule has 3 heterocycles. The van der Waals surface area contributed by atoms with E-state index in [1.165, 1.54) is 19.1 Å². The van der Waals surface area contributed by atoms with E-state index in [1.54, 1.807) is 12.4 Å². The van der Waals surface area contributed by atoms with Crippen LogP contribution in [0.25, 0.3) is 11.1 Å². The van der Waals surface area contributed by atoms with Crippen molar-refractivity contribution < 1.29 is 19.0 Å². The Morgan fingerprint density at radius 3 is 2.56 bits per heavy atom. The molecular formula is C33H41FN4O3. The zero-order chi connectivity index (χ0) is 29.2. The Kier molecular flexibility index (Phi) is 8.43. The number of nitrogens with one attached hydrogen (secondary N) is 2. The molecule has 3 aromatic rings. The molecule has 1 aliphatic carbocycles. The number of nitrogens with zero attached hydrogens (tertiary/aromatic N) is 2. The van der Waals surface area contributed by atoms with Gasteiger partial charge in [-0.05, 0) is 90.1 Å². The van der Waals surface area contributed by atoms with Gasteiger partial charge in [-0.1, -0.05) is 26.8 Å². The minimum atomic E-state index is -0.902. The first-order valence-corrected chi connectivity index (χ1v) is 14.5. The van der Waals surface area contributed by atoms with Gasteiger partial charge in [-0.3, -0.25) is 9.78 Å². The molecule has 2 aliphatic rings. The number of benzene rings is 1. The van der Waals surface area contributed by atoms with Crippen LogP contribution in [0, 0.1) is 11.2 Å². The van der Waals surface area contributed by atoms with Gasteiger partial charge in [-0.15, -0.1) is 0 Å². The zero-order valence-corrected chi connectivity index (χ0v) is 24.4. The van der Waals surface area contributed by atoms with E-state index in [-0.39, 0.29) is 41.7 Å². The van der Waals surface area contributed by atoms with E-state index >= 15 is 0 Å². The van der Waals surface area contributed by atoms with E-state index in [1.807, 2.05) is 24.4 Å². The normalized spacial score (nSPS) is 19.0. The molecule has 218 valence electrons. The summed E-state index contributed by atoms with van der Waals surface area (Å²) in [6, 6.07) is 10.0. The van der Waals surface area contributed by atoms with Gasteiger partial charge in [-0.2, -0.15) is 0 Å². The standard InChI is InChI=1S/C33H41FN4O3/c1-21(39)38-28(15-22-12-25(16-26(34)13-22)24-6-10-35-11-7-24)30(40)20-36-29-18-33(8-5-9-33)41-31-27(29)14-23(19-37-31)17-32(2,3)4/h6-7,10-14,16,19,28-30,36,40H,5,8-9,15,17-18,20H2,1-4H3,(H,38,39)/t28-,29-,30+/m0/s1. The van der Waals surface area contributed by atoms with Crippen molar-refractivity contribution in [1.82, 2.24) is 20.6 Å². The Hall–Kier alpha value is -3.36. The van der Waals surface area contributed by atoms with Crippen LogP contribution in [0.4, 0.5) is 4.39 Å². The molecule has 3 atom stereocenters. The number of pyridine rings is 2. The van der Waals surface area contributed by atoms with Crippen molar-refractivity contribution in [2.24, 2.45) is 5.41 Å². The Labute approximate surface area is 242 Å². The smallest absolute Gasteiger partial charge is 0.218 e. The van der Waals surface area contributed by atoms with E-state index in [0.717, 1.165) is 54.4 Å². The lowest BCUT2D eigenvalue weighted by atomic mass is 9.73. The van der Waals surface area contributed by atoms with Crippen molar-refractivity contribution in [3.8, 4) is 17.0 Å². The van der Waals surface area contributed by atoms with Gasteiger partial charge in [-0.25, -0.2) is 9.37 Å². The fourth-order valence-corrected chi connectivity index (χ4v) is 6.03. The highest BCUT2D eigenvalue weighted by Gasteiger charge is 2.46. The zero-order valence-electron chi connectivity index (χ0n) is 24.4. The number of halogens is 1. The molecule has 0 saturated heterocycles. The number of aliphatic hydroxyl groups is 1. The molecule has 1 aromatic carbocycles. The van der Waals surface area contributed by atoms with Gasteiger partial charge in [0.15, 0.2) is 0 Å². The number of aromatic nitrogens is 2. The SMILES string of the molecule is CC(=O)N[C@@H](Cc1cc(F)cc(-c2ccncc2)c1)[C@H](O)CN[C@H]1CC2(CCC2)Oc2ncc(CC(C)(C)C)cc21. The Balaban J connectivity index is 1.33. The minimum absolute atomic E-state index is 0.0356. The number of aliphatic hydroxyl groups excluding tert-OH is 1. The molecule has 0 bridgehead atoms. The molecule has 7 nitrogen and oxygen atoms in total. The Bertz CT molecular complexity index is 1370. The predicted molar refractivity (Wildman–Crippen MR) is 157 cm³/mol. The summed E-state index contributed by atoms with van der Waals surface area (Å²) < 4.78 is 21.0. The third-order valence-corrected chi connectivity index (χ3v) is 8.05. The largest absolute Gasteiger partial charge is 0.471 e. The maximum Gasteiger partial charge on any atom is 0.218 e. The molecule has 1 amide bonds. The van der Waals surface area contributed by atoms with Gasteiger partial charge in [0.2, 0.25) is 11.8 Å². The van der Waals surface area contributed by atoms with Crippen LogP contribution in [0.3, 0.4) is 0 Å². The van der Waals surface area contributed by atoms with Crippen LogP contribution in [-0.2, 0) is 17.6 Å². The Morgan fingerprint density at radius 2 is 1.90 bits per heavy atom. The van der Waals surface area contributed by atoms with Crippen LogP contribution >= 0.6 is 0 Å². The van der Waals surface area contributed by atoms with Crippen molar-refractivity contribution in [3.05, 3.63) is 77.5 Å². The first-order valence-electron chi connectivity index (χ1n) is 14.5. The molecule has 1 aliphatic heterocycles. The van der Waals surface area contributed by atoms with Gasteiger partial charge >= 0.3 is 0 Å². The number of rotatable bonds is 9. The minimum Gasteiger partial charge on any atom is -0.471 e. The topological polar surface area (TPSA) is 96.4 Å². The maximum atomic E-state index is 14.6. The van der Waals surface area contributed by atoms with Gasteiger partial charge in [0.1, 0.15) is 11.4 Å². The van der Waals surface area contributed by atoms with Gasteiger partial charge in [0.05, 0.1) is 12.1 Å². The molecule has 41 heavy (non-hydrogen) atoms. The van der Waals surface area contributed by atoms with E-state index < -0.39 is 12.1 Å². The molecule has 1 fully saturated rings. The van der Waals surface area contributed by atoms with Crippen LogP contribution in [0.5, 0.6) is 5.88 Å².